The van der Waals surface area contributed by atoms with E-state index in [1.165, 1.54) is 29.7 Å². The first kappa shape index (κ1) is 14.8. The van der Waals surface area contributed by atoms with Gasteiger partial charge < -0.3 is 5.32 Å². The number of nitrogens with zero attached hydrogens (tertiary/aromatic N) is 2. The monoisotopic (exact) mass is 321 g/mol. The van der Waals surface area contributed by atoms with Crippen LogP contribution in [0.1, 0.15) is 48.3 Å². The van der Waals surface area contributed by atoms with E-state index in [4.69, 9.17) is 11.6 Å². The molecule has 2 aromatic rings. The van der Waals surface area contributed by atoms with Gasteiger partial charge in [-0.15, -0.1) is 11.3 Å². The summed E-state index contributed by atoms with van der Waals surface area (Å²) in [5.41, 5.74) is 1.43. The van der Waals surface area contributed by atoms with E-state index in [-0.39, 0.29) is 5.41 Å². The second kappa shape index (κ2) is 5.58. The average Bonchev–Trinajstić information content (AvgIpc) is 2.95. The van der Waals surface area contributed by atoms with E-state index >= 15 is 0 Å². The summed E-state index contributed by atoms with van der Waals surface area (Å²) in [7, 11) is 0. The van der Waals surface area contributed by atoms with Crippen LogP contribution >= 0.6 is 22.9 Å². The first-order chi connectivity index (χ1) is 9.91. The number of nitrogens with one attached hydrogen (secondary N) is 1. The van der Waals surface area contributed by atoms with Gasteiger partial charge in [0.25, 0.3) is 0 Å². The fraction of sp³-hybridized carbons (Fsp3) is 0.500. The van der Waals surface area contributed by atoms with E-state index in [0.29, 0.717) is 5.15 Å². The van der Waals surface area contributed by atoms with Crippen molar-refractivity contribution in [3.8, 4) is 0 Å². The molecule has 0 atom stereocenters. The van der Waals surface area contributed by atoms with E-state index in [1.807, 2.05) is 11.3 Å². The van der Waals surface area contributed by atoms with Gasteiger partial charge in [-0.25, -0.2) is 9.97 Å². The minimum atomic E-state index is -0.106. The first-order valence-electron chi connectivity index (χ1n) is 7.31. The Morgan fingerprint density at radius 2 is 2.05 bits per heavy atom. The highest BCUT2D eigenvalue weighted by atomic mass is 35.5. The molecule has 0 fully saturated rings. The molecule has 2 aromatic heterocycles. The van der Waals surface area contributed by atoms with E-state index in [9.17, 15) is 0 Å². The topological polar surface area (TPSA) is 37.8 Å². The van der Waals surface area contributed by atoms with Gasteiger partial charge in [0.05, 0.1) is 6.54 Å². The molecule has 1 aliphatic carbocycles. The lowest BCUT2D eigenvalue weighted by atomic mass is 9.96. The number of aryl methyl sites for hydroxylation is 2. The third kappa shape index (κ3) is 3.38. The third-order valence-electron chi connectivity index (χ3n) is 3.61. The largest absolute Gasteiger partial charge is 0.365 e. The second-order valence-corrected chi connectivity index (χ2v) is 8.13. The summed E-state index contributed by atoms with van der Waals surface area (Å²) in [6.07, 6.45) is 3.79. The maximum atomic E-state index is 6.11. The zero-order valence-electron chi connectivity index (χ0n) is 12.7. The fourth-order valence-electron chi connectivity index (χ4n) is 2.50. The van der Waals surface area contributed by atoms with Crippen LogP contribution in [0.3, 0.4) is 0 Å². The molecule has 21 heavy (non-hydrogen) atoms. The zero-order chi connectivity index (χ0) is 15.0. The molecule has 112 valence electrons. The maximum absolute atomic E-state index is 6.11. The summed E-state index contributed by atoms with van der Waals surface area (Å²) in [5, 5.41) is 3.87. The van der Waals surface area contributed by atoms with Crippen molar-refractivity contribution in [2.75, 3.05) is 5.32 Å². The molecule has 0 unspecified atom stereocenters. The van der Waals surface area contributed by atoms with E-state index in [1.54, 1.807) is 10.9 Å². The Morgan fingerprint density at radius 3 is 2.76 bits per heavy atom. The Balaban J connectivity index is 1.74. The number of hydrogen-bond acceptors (Lipinski definition) is 4. The molecular formula is C16H20ClN3S. The van der Waals surface area contributed by atoms with Crippen LogP contribution < -0.4 is 5.32 Å². The summed E-state index contributed by atoms with van der Waals surface area (Å²) in [5.74, 6) is 1.57. The Morgan fingerprint density at radius 1 is 1.24 bits per heavy atom. The quantitative estimate of drug-likeness (QED) is 0.840. The van der Waals surface area contributed by atoms with Gasteiger partial charge in [-0.05, 0) is 30.9 Å². The molecule has 3 nitrogen and oxygen atoms in total. The number of aromatic nitrogens is 2. The Bertz CT molecular complexity index is 637. The molecule has 0 saturated heterocycles. The van der Waals surface area contributed by atoms with Gasteiger partial charge in [0.2, 0.25) is 0 Å². The van der Waals surface area contributed by atoms with Crippen LogP contribution in [0.25, 0.3) is 0 Å². The number of fused-ring (bicyclic) bond motifs is 1. The highest BCUT2D eigenvalue weighted by molar-refractivity contribution is 7.12. The Kier molecular flexibility index (Phi) is 3.93. The van der Waals surface area contributed by atoms with Crippen LogP contribution in [0.4, 0.5) is 5.82 Å². The van der Waals surface area contributed by atoms with Gasteiger partial charge in [-0.3, -0.25) is 0 Å². The number of halogens is 1. The molecule has 1 aliphatic rings. The van der Waals surface area contributed by atoms with Crippen molar-refractivity contribution in [2.45, 2.75) is 52.0 Å². The van der Waals surface area contributed by atoms with Crippen molar-refractivity contribution in [3.63, 3.8) is 0 Å². The van der Waals surface area contributed by atoms with E-state index in [2.05, 4.69) is 42.1 Å². The lowest BCUT2D eigenvalue weighted by molar-refractivity contribution is 0.546. The van der Waals surface area contributed by atoms with Gasteiger partial charge in [0.15, 0.2) is 0 Å². The summed E-state index contributed by atoms with van der Waals surface area (Å²) in [6, 6.07) is 4.12. The maximum Gasteiger partial charge on any atom is 0.137 e. The highest BCUT2D eigenvalue weighted by Gasteiger charge is 2.19. The zero-order valence-corrected chi connectivity index (χ0v) is 14.2. The number of thiophene rings is 1. The highest BCUT2D eigenvalue weighted by Crippen LogP contribution is 2.31. The molecule has 0 spiro atoms. The van der Waals surface area contributed by atoms with Crippen molar-refractivity contribution in [2.24, 2.45) is 0 Å². The van der Waals surface area contributed by atoms with Crippen molar-refractivity contribution >= 4 is 28.8 Å². The predicted octanol–water partition coefficient (Wildman–Crippen LogP) is 4.59. The minimum Gasteiger partial charge on any atom is -0.365 e. The molecule has 0 radical (unpaired) electrons. The molecule has 3 rings (SSSR count). The van der Waals surface area contributed by atoms with Gasteiger partial charge >= 0.3 is 0 Å². The molecule has 0 aliphatic heterocycles. The van der Waals surface area contributed by atoms with Crippen molar-refractivity contribution in [3.05, 3.63) is 38.4 Å². The number of hydrogen-bond donors (Lipinski definition) is 1. The summed E-state index contributed by atoms with van der Waals surface area (Å²) in [4.78, 5) is 11.8. The number of rotatable bonds is 3. The van der Waals surface area contributed by atoms with E-state index in [0.717, 1.165) is 18.2 Å². The molecule has 2 heterocycles. The second-order valence-electron chi connectivity index (χ2n) is 6.52. The summed E-state index contributed by atoms with van der Waals surface area (Å²) in [6.45, 7) is 7.07. The van der Waals surface area contributed by atoms with E-state index < -0.39 is 0 Å². The molecule has 0 amide bonds. The van der Waals surface area contributed by atoms with Crippen LogP contribution in [0, 0.1) is 0 Å². The van der Waals surface area contributed by atoms with Gasteiger partial charge in [0, 0.05) is 21.2 Å². The lowest BCUT2D eigenvalue weighted by Crippen LogP contribution is -2.17. The summed E-state index contributed by atoms with van der Waals surface area (Å²) >= 11 is 8.03. The minimum absolute atomic E-state index is 0.106. The molecule has 1 N–H and O–H groups in total. The first-order valence-corrected chi connectivity index (χ1v) is 8.51. The van der Waals surface area contributed by atoms with Crippen LogP contribution in [0.2, 0.25) is 5.15 Å². The summed E-state index contributed by atoms with van der Waals surface area (Å²) < 4.78 is 0. The molecular weight excluding hydrogens is 302 g/mol. The molecule has 0 aromatic carbocycles. The van der Waals surface area contributed by atoms with Gasteiger partial charge in [-0.2, -0.15) is 0 Å². The average molecular weight is 322 g/mol. The van der Waals surface area contributed by atoms with Crippen LogP contribution in [0.5, 0.6) is 0 Å². The lowest BCUT2D eigenvalue weighted by Gasteiger charge is -2.17. The molecule has 5 heteroatoms. The van der Waals surface area contributed by atoms with Crippen molar-refractivity contribution < 1.29 is 0 Å². The van der Waals surface area contributed by atoms with Crippen LogP contribution in [-0.2, 0) is 24.8 Å². The van der Waals surface area contributed by atoms with Crippen LogP contribution in [-0.4, -0.2) is 9.97 Å². The van der Waals surface area contributed by atoms with Crippen molar-refractivity contribution in [1.82, 2.24) is 9.97 Å². The predicted molar refractivity (Wildman–Crippen MR) is 89.4 cm³/mol. The van der Waals surface area contributed by atoms with Gasteiger partial charge in [0.1, 0.15) is 16.8 Å². The normalized spacial score (nSPS) is 14.3. The van der Waals surface area contributed by atoms with Crippen molar-refractivity contribution in [1.29, 1.82) is 0 Å². The third-order valence-corrected chi connectivity index (χ3v) is 5.04. The van der Waals surface area contributed by atoms with Crippen LogP contribution in [0.15, 0.2) is 12.1 Å². The molecule has 0 saturated carbocycles. The SMILES string of the molecule is CC(C)(C)c1nc(Cl)cc(NCc2cc3c(s2)CCC3)n1. The fourth-order valence-corrected chi connectivity index (χ4v) is 3.88. The Labute approximate surface area is 134 Å². The standard InChI is InChI=1S/C16H20ClN3S/c1-16(2,3)15-19-13(17)8-14(20-15)18-9-11-7-10-5-4-6-12(10)21-11/h7-8H,4-6,9H2,1-3H3,(H,18,19,20). The smallest absolute Gasteiger partial charge is 0.137 e. The van der Waals surface area contributed by atoms with Gasteiger partial charge in [-0.1, -0.05) is 32.4 Å². The molecule has 0 bridgehead atoms. The Hall–Kier alpha value is -1.13. The number of anilines is 1.